The molecule has 2 heterocycles. The second-order valence-corrected chi connectivity index (χ2v) is 10.2. The van der Waals surface area contributed by atoms with Crippen molar-refractivity contribution in [3.8, 4) is 11.4 Å². The Balaban J connectivity index is 1.26. The van der Waals surface area contributed by atoms with Crippen molar-refractivity contribution in [2.24, 2.45) is 0 Å². The fourth-order valence-electron chi connectivity index (χ4n) is 4.84. The molecular weight excluding hydrogens is 589 g/mol. The lowest BCUT2D eigenvalue weighted by atomic mass is 9.92. The number of aromatic nitrogens is 6. The number of nitrogens with zero attached hydrogens (tertiary/aromatic N) is 7. The fourth-order valence-corrected chi connectivity index (χ4v) is 4.84. The number of hydrogen-bond donors (Lipinski definition) is 1. The number of ether oxygens (including phenoxy) is 1. The quantitative estimate of drug-likeness (QED) is 0.225. The van der Waals surface area contributed by atoms with Crippen LogP contribution >= 0.6 is 0 Å². The molecule has 44 heavy (non-hydrogen) atoms. The molecule has 5 aromatic rings. The number of hydrogen-bond acceptors (Lipinski definition) is 7. The largest absolute Gasteiger partial charge is 0.573 e. The maximum Gasteiger partial charge on any atom is 0.573 e. The van der Waals surface area contributed by atoms with E-state index in [0.717, 1.165) is 23.8 Å². The summed E-state index contributed by atoms with van der Waals surface area (Å²) in [5, 5.41) is 19.7. The maximum atomic E-state index is 14.7. The Hall–Kier alpha value is -4.89. The van der Waals surface area contributed by atoms with Crippen molar-refractivity contribution in [3.63, 3.8) is 0 Å². The van der Waals surface area contributed by atoms with Crippen LogP contribution in [0.2, 0.25) is 0 Å². The Kier molecular flexibility index (Phi) is 8.60. The molecule has 1 atom stereocenters. The van der Waals surface area contributed by atoms with Crippen LogP contribution in [0.3, 0.4) is 0 Å². The summed E-state index contributed by atoms with van der Waals surface area (Å²) in [6, 6.07) is 15.1. The van der Waals surface area contributed by atoms with Crippen molar-refractivity contribution < 1.29 is 31.8 Å². The third kappa shape index (κ3) is 7.36. The van der Waals surface area contributed by atoms with Crippen LogP contribution in [0.5, 0.6) is 5.75 Å². The van der Waals surface area contributed by atoms with Gasteiger partial charge in [-0.1, -0.05) is 30.3 Å². The van der Waals surface area contributed by atoms with E-state index in [1.165, 1.54) is 51.1 Å². The summed E-state index contributed by atoms with van der Waals surface area (Å²) >= 11 is 0. The molecule has 0 saturated heterocycles. The monoisotopic (exact) mass is 615 g/mol. The van der Waals surface area contributed by atoms with Gasteiger partial charge in [0.05, 0.1) is 18.8 Å². The van der Waals surface area contributed by atoms with Crippen molar-refractivity contribution in [3.05, 3.63) is 125 Å². The van der Waals surface area contributed by atoms with E-state index in [0.29, 0.717) is 23.9 Å². The number of alkyl halides is 3. The number of likely N-dealkylation sites (N-methyl/N-ethyl adjacent to an activating group) is 1. The summed E-state index contributed by atoms with van der Waals surface area (Å²) in [5.41, 5.74) is -0.412. The Bertz CT molecular complexity index is 1750. The molecule has 0 aliphatic heterocycles. The van der Waals surface area contributed by atoms with E-state index in [2.05, 4.69) is 19.9 Å². The van der Waals surface area contributed by atoms with Crippen LogP contribution < -0.4 is 10.4 Å². The van der Waals surface area contributed by atoms with Gasteiger partial charge in [-0.2, -0.15) is 10.2 Å². The van der Waals surface area contributed by atoms with Gasteiger partial charge in [-0.25, -0.2) is 32.5 Å². The minimum Gasteiger partial charge on any atom is -0.406 e. The maximum absolute atomic E-state index is 14.7. The summed E-state index contributed by atoms with van der Waals surface area (Å²) in [4.78, 5) is 18.6. The van der Waals surface area contributed by atoms with Crippen molar-refractivity contribution in [2.45, 2.75) is 31.6 Å². The molecule has 10 nitrogen and oxygen atoms in total. The second-order valence-electron chi connectivity index (χ2n) is 10.2. The highest BCUT2D eigenvalue weighted by Gasteiger charge is 2.35. The Morgan fingerprint density at radius 2 is 1.64 bits per heavy atom. The first-order valence-corrected chi connectivity index (χ1v) is 13.2. The van der Waals surface area contributed by atoms with Gasteiger partial charge in [-0.3, -0.25) is 4.90 Å². The molecule has 0 amide bonds. The summed E-state index contributed by atoms with van der Waals surface area (Å²) in [5.74, 6) is -2.02. The van der Waals surface area contributed by atoms with Gasteiger partial charge in [0, 0.05) is 24.7 Å². The lowest BCUT2D eigenvalue weighted by Crippen LogP contribution is -2.43. The third-order valence-electron chi connectivity index (χ3n) is 6.74. The molecule has 0 bridgehead atoms. The van der Waals surface area contributed by atoms with Crippen LogP contribution in [0.25, 0.3) is 5.69 Å². The first-order chi connectivity index (χ1) is 20.9. The van der Waals surface area contributed by atoms with E-state index in [1.807, 2.05) is 0 Å². The molecule has 0 aliphatic carbocycles. The van der Waals surface area contributed by atoms with Crippen LogP contribution in [-0.2, 0) is 25.2 Å². The van der Waals surface area contributed by atoms with Crippen LogP contribution in [0, 0.1) is 11.6 Å². The van der Waals surface area contributed by atoms with E-state index >= 15 is 0 Å². The minimum atomic E-state index is -4.80. The van der Waals surface area contributed by atoms with Gasteiger partial charge in [0.25, 0.3) is 0 Å². The van der Waals surface area contributed by atoms with Crippen LogP contribution in [-0.4, -0.2) is 59.1 Å². The van der Waals surface area contributed by atoms with Gasteiger partial charge in [0.1, 0.15) is 42.0 Å². The van der Waals surface area contributed by atoms with E-state index in [9.17, 15) is 31.9 Å². The number of benzene rings is 3. The van der Waals surface area contributed by atoms with E-state index in [4.69, 9.17) is 0 Å². The number of aliphatic hydroxyl groups is 1. The molecule has 0 fully saturated rings. The minimum absolute atomic E-state index is 0.0349. The molecule has 15 heteroatoms. The Morgan fingerprint density at radius 3 is 2.27 bits per heavy atom. The van der Waals surface area contributed by atoms with Crippen molar-refractivity contribution >= 4 is 0 Å². The van der Waals surface area contributed by atoms with Gasteiger partial charge >= 0.3 is 12.1 Å². The molecule has 0 saturated carbocycles. The van der Waals surface area contributed by atoms with Gasteiger partial charge < -0.3 is 9.84 Å². The van der Waals surface area contributed by atoms with Gasteiger partial charge in [-0.05, 0) is 48.5 Å². The number of rotatable bonds is 11. The van der Waals surface area contributed by atoms with E-state index in [1.54, 1.807) is 36.2 Å². The third-order valence-corrected chi connectivity index (χ3v) is 6.74. The summed E-state index contributed by atoms with van der Waals surface area (Å²) < 4.78 is 73.2. The predicted octanol–water partition coefficient (Wildman–Crippen LogP) is 3.87. The van der Waals surface area contributed by atoms with Gasteiger partial charge in [-0.15, -0.1) is 13.2 Å². The van der Waals surface area contributed by atoms with Crippen molar-refractivity contribution in [2.75, 3.05) is 13.6 Å². The van der Waals surface area contributed by atoms with Crippen molar-refractivity contribution in [1.29, 1.82) is 0 Å². The lowest BCUT2D eigenvalue weighted by Gasteiger charge is -2.33. The highest BCUT2D eigenvalue weighted by molar-refractivity contribution is 5.34. The second kappa shape index (κ2) is 12.4. The first-order valence-electron chi connectivity index (χ1n) is 13.2. The Labute approximate surface area is 247 Å². The highest BCUT2D eigenvalue weighted by Crippen LogP contribution is 2.28. The summed E-state index contributed by atoms with van der Waals surface area (Å²) in [6.07, 6.45) is -0.784. The fraction of sp³-hybridized carbons (Fsp3) is 0.241. The average molecular weight is 616 g/mol. The zero-order valence-electron chi connectivity index (χ0n) is 23.2. The summed E-state index contributed by atoms with van der Waals surface area (Å²) in [6.45, 7) is 0.210. The smallest absolute Gasteiger partial charge is 0.406 e. The van der Waals surface area contributed by atoms with Crippen LogP contribution in [0.15, 0.2) is 90.5 Å². The molecular formula is C29H26F5N7O3. The van der Waals surface area contributed by atoms with E-state index < -0.39 is 29.3 Å². The molecule has 2 aromatic heterocycles. The zero-order valence-corrected chi connectivity index (χ0v) is 23.2. The molecule has 230 valence electrons. The Morgan fingerprint density at radius 1 is 0.932 bits per heavy atom. The molecule has 3 aromatic carbocycles. The summed E-state index contributed by atoms with van der Waals surface area (Å²) in [7, 11) is 1.73. The van der Waals surface area contributed by atoms with E-state index in [-0.39, 0.29) is 30.9 Å². The molecule has 5 rings (SSSR count). The standard InChI is InChI=1S/C29H26F5N7O3/c1-38(15-28(43,16-39-18-35-17-36-39)25-11-6-22(30)12-26(25)31)13-20-2-7-23(8-3-20)40-19-37-41(27(40)42)14-21-4-9-24(10-5-21)44-29(32,33)34/h2-12,17-19,43H,13-16H2,1H3. The lowest BCUT2D eigenvalue weighted by molar-refractivity contribution is -0.274. The zero-order chi connectivity index (χ0) is 31.5. The topological polar surface area (TPSA) is 103 Å². The highest BCUT2D eigenvalue weighted by atomic mass is 19.4. The molecule has 0 aliphatic rings. The molecule has 0 radical (unpaired) electrons. The average Bonchev–Trinajstić information content (AvgIpc) is 3.58. The van der Waals surface area contributed by atoms with Gasteiger partial charge in [0.2, 0.25) is 0 Å². The number of halogens is 5. The van der Waals surface area contributed by atoms with Gasteiger partial charge in [0.15, 0.2) is 0 Å². The molecule has 1 unspecified atom stereocenters. The molecule has 1 N–H and O–H groups in total. The first kappa shape index (κ1) is 30.6. The van der Waals surface area contributed by atoms with Crippen LogP contribution in [0.4, 0.5) is 22.0 Å². The normalized spacial score (nSPS) is 13.3. The van der Waals surface area contributed by atoms with Crippen molar-refractivity contribution in [1.82, 2.24) is 34.0 Å². The SMILES string of the molecule is CN(Cc1ccc(-n2cnn(Cc3ccc(OC(F)(F)F)cc3)c2=O)cc1)CC(O)(Cn1cncn1)c1ccc(F)cc1F. The van der Waals surface area contributed by atoms with Crippen LogP contribution in [0.1, 0.15) is 16.7 Å². The molecule has 0 spiro atoms. The predicted molar refractivity (Wildman–Crippen MR) is 147 cm³/mol.